The Morgan fingerprint density at radius 1 is 0.714 bits per heavy atom. The number of benzene rings is 3. The maximum Gasteiger partial charge on any atom is 0.0487 e. The molecular formula is C27H21N. The number of nitrogens with zero attached hydrogens (tertiary/aromatic N) is 1. The fourth-order valence-corrected chi connectivity index (χ4v) is 5.08. The second-order valence-corrected chi connectivity index (χ2v) is 7.63. The molecule has 0 bridgehead atoms. The van der Waals surface area contributed by atoms with Gasteiger partial charge in [-0.3, -0.25) is 0 Å². The van der Waals surface area contributed by atoms with Crippen LogP contribution in [-0.4, -0.2) is 4.57 Å². The van der Waals surface area contributed by atoms with Gasteiger partial charge in [0.1, 0.15) is 0 Å². The van der Waals surface area contributed by atoms with Gasteiger partial charge in [-0.25, -0.2) is 0 Å². The number of para-hydroxylation sites is 1. The first-order chi connectivity index (χ1) is 13.9. The zero-order valence-electron chi connectivity index (χ0n) is 15.9. The van der Waals surface area contributed by atoms with Gasteiger partial charge in [0.05, 0.1) is 0 Å². The largest absolute Gasteiger partial charge is 0.341 e. The van der Waals surface area contributed by atoms with E-state index in [1.807, 2.05) is 0 Å². The SMILES string of the molecule is CCn1c2c(c3ccccc31)CC(=C1c3ccccc3-c3ccccc31)C=C2. The summed E-state index contributed by atoms with van der Waals surface area (Å²) in [6.07, 6.45) is 5.66. The number of allylic oxidation sites excluding steroid dienone is 2. The summed E-state index contributed by atoms with van der Waals surface area (Å²) in [5, 5.41) is 1.39. The van der Waals surface area contributed by atoms with E-state index in [2.05, 4.69) is 96.4 Å². The zero-order valence-corrected chi connectivity index (χ0v) is 15.9. The lowest BCUT2D eigenvalue weighted by atomic mass is 9.89. The molecule has 0 unspecified atom stereocenters. The second-order valence-electron chi connectivity index (χ2n) is 7.63. The molecule has 0 atom stereocenters. The fraction of sp³-hybridized carbons (Fsp3) is 0.111. The summed E-state index contributed by atoms with van der Waals surface area (Å²) in [6, 6.07) is 26.5. The van der Waals surface area contributed by atoms with Crippen molar-refractivity contribution in [2.75, 3.05) is 0 Å². The van der Waals surface area contributed by atoms with Crippen LogP contribution in [0, 0.1) is 0 Å². The molecule has 0 amide bonds. The van der Waals surface area contributed by atoms with Crippen molar-refractivity contribution in [1.82, 2.24) is 4.57 Å². The second kappa shape index (κ2) is 5.84. The summed E-state index contributed by atoms with van der Waals surface area (Å²) in [6.45, 7) is 3.23. The van der Waals surface area contributed by atoms with Crippen molar-refractivity contribution in [2.24, 2.45) is 0 Å². The van der Waals surface area contributed by atoms with Crippen LogP contribution in [0.15, 0.2) is 84.4 Å². The maximum atomic E-state index is 2.44. The Bertz CT molecular complexity index is 1270. The lowest BCUT2D eigenvalue weighted by Gasteiger charge is -2.16. The highest BCUT2D eigenvalue weighted by molar-refractivity contribution is 6.04. The summed E-state index contributed by atoms with van der Waals surface area (Å²) < 4.78 is 2.44. The smallest absolute Gasteiger partial charge is 0.0487 e. The van der Waals surface area contributed by atoms with Crippen molar-refractivity contribution in [3.05, 3.63) is 107 Å². The Balaban J connectivity index is 1.62. The fourth-order valence-electron chi connectivity index (χ4n) is 5.08. The Kier molecular flexibility index (Phi) is 3.28. The molecular weight excluding hydrogens is 338 g/mol. The first-order valence-electron chi connectivity index (χ1n) is 10.1. The van der Waals surface area contributed by atoms with Crippen LogP contribution in [0.3, 0.4) is 0 Å². The van der Waals surface area contributed by atoms with Gasteiger partial charge in [-0.15, -0.1) is 0 Å². The van der Waals surface area contributed by atoms with Crippen LogP contribution < -0.4 is 0 Å². The molecule has 134 valence electrons. The number of rotatable bonds is 1. The molecule has 1 aromatic heterocycles. The standard InChI is InChI=1S/C27H21N/c1-2-28-25-14-8-7-11-21(25)24-17-18(15-16-26(24)28)27-22-12-5-3-9-19(22)20-10-4-6-13-23(20)27/h3-16H,2,17H2,1H3. The molecule has 2 aliphatic rings. The molecule has 6 rings (SSSR count). The summed E-state index contributed by atoms with van der Waals surface area (Å²) in [7, 11) is 0. The first kappa shape index (κ1) is 15.7. The molecule has 1 heteroatoms. The Hall–Kier alpha value is -3.32. The summed E-state index contributed by atoms with van der Waals surface area (Å²) in [5.74, 6) is 0. The van der Waals surface area contributed by atoms with E-state index in [9.17, 15) is 0 Å². The highest BCUT2D eigenvalue weighted by Gasteiger charge is 2.27. The predicted molar refractivity (Wildman–Crippen MR) is 118 cm³/mol. The van der Waals surface area contributed by atoms with Crippen molar-refractivity contribution < 1.29 is 0 Å². The quantitative estimate of drug-likeness (QED) is 0.313. The van der Waals surface area contributed by atoms with Gasteiger partial charge in [-0.1, -0.05) is 72.8 Å². The normalized spacial score (nSPS) is 14.3. The average Bonchev–Trinajstić information content (AvgIpc) is 3.26. The first-order valence-corrected chi connectivity index (χ1v) is 10.1. The highest BCUT2D eigenvalue weighted by Crippen LogP contribution is 2.47. The van der Waals surface area contributed by atoms with Crippen molar-refractivity contribution in [1.29, 1.82) is 0 Å². The van der Waals surface area contributed by atoms with Gasteiger partial charge in [-0.05, 0) is 58.0 Å². The number of fused-ring (bicyclic) bond motifs is 6. The average molecular weight is 359 g/mol. The Morgan fingerprint density at radius 3 is 2.00 bits per heavy atom. The minimum Gasteiger partial charge on any atom is -0.341 e. The Morgan fingerprint density at radius 2 is 1.32 bits per heavy atom. The number of aromatic nitrogens is 1. The molecule has 0 aliphatic heterocycles. The van der Waals surface area contributed by atoms with Crippen molar-refractivity contribution >= 4 is 22.6 Å². The molecule has 0 fully saturated rings. The highest BCUT2D eigenvalue weighted by atomic mass is 15.0. The van der Waals surface area contributed by atoms with E-state index in [1.54, 1.807) is 0 Å². The molecule has 0 saturated heterocycles. The van der Waals surface area contributed by atoms with Crippen molar-refractivity contribution in [3.63, 3.8) is 0 Å². The molecule has 0 saturated carbocycles. The van der Waals surface area contributed by atoms with Crippen LogP contribution >= 0.6 is 0 Å². The lowest BCUT2D eigenvalue weighted by molar-refractivity contribution is 0.783. The van der Waals surface area contributed by atoms with Gasteiger partial charge in [0.25, 0.3) is 0 Å². The third kappa shape index (κ3) is 2.02. The third-order valence-corrected chi connectivity index (χ3v) is 6.25. The van der Waals surface area contributed by atoms with Crippen LogP contribution in [0.1, 0.15) is 29.3 Å². The number of hydrogen-bond donors (Lipinski definition) is 0. The van der Waals surface area contributed by atoms with E-state index in [4.69, 9.17) is 0 Å². The van der Waals surface area contributed by atoms with Crippen LogP contribution in [0.5, 0.6) is 0 Å². The van der Waals surface area contributed by atoms with Crippen LogP contribution in [0.25, 0.3) is 33.7 Å². The van der Waals surface area contributed by atoms with E-state index >= 15 is 0 Å². The minimum atomic E-state index is 0.983. The molecule has 28 heavy (non-hydrogen) atoms. The summed E-state index contributed by atoms with van der Waals surface area (Å²) in [5.41, 5.74) is 12.4. The molecule has 2 aliphatic carbocycles. The van der Waals surface area contributed by atoms with E-state index in [1.165, 1.54) is 55.6 Å². The minimum absolute atomic E-state index is 0.983. The molecule has 1 heterocycles. The van der Waals surface area contributed by atoms with Crippen LogP contribution in [0.2, 0.25) is 0 Å². The zero-order chi connectivity index (χ0) is 18.7. The number of hydrogen-bond acceptors (Lipinski definition) is 0. The molecule has 1 nitrogen and oxygen atoms in total. The van der Waals surface area contributed by atoms with Gasteiger partial charge < -0.3 is 4.57 Å². The van der Waals surface area contributed by atoms with Crippen molar-refractivity contribution in [3.8, 4) is 11.1 Å². The van der Waals surface area contributed by atoms with Gasteiger partial charge in [0, 0.05) is 29.6 Å². The van der Waals surface area contributed by atoms with E-state index < -0.39 is 0 Å². The van der Waals surface area contributed by atoms with Crippen LogP contribution in [-0.2, 0) is 13.0 Å². The van der Waals surface area contributed by atoms with E-state index in [-0.39, 0.29) is 0 Å². The van der Waals surface area contributed by atoms with E-state index in [0.29, 0.717) is 0 Å². The monoisotopic (exact) mass is 359 g/mol. The summed E-state index contributed by atoms with van der Waals surface area (Å²) >= 11 is 0. The number of aryl methyl sites for hydroxylation is 1. The van der Waals surface area contributed by atoms with Crippen LogP contribution in [0.4, 0.5) is 0 Å². The van der Waals surface area contributed by atoms with Gasteiger partial charge in [0.2, 0.25) is 0 Å². The topological polar surface area (TPSA) is 4.93 Å². The summed E-state index contributed by atoms with van der Waals surface area (Å²) in [4.78, 5) is 0. The molecule has 3 aromatic carbocycles. The van der Waals surface area contributed by atoms with Crippen molar-refractivity contribution in [2.45, 2.75) is 19.9 Å². The molecule has 0 N–H and O–H groups in total. The molecule has 0 spiro atoms. The molecule has 4 aromatic rings. The molecule has 0 radical (unpaired) electrons. The third-order valence-electron chi connectivity index (χ3n) is 6.25. The maximum absolute atomic E-state index is 2.44. The van der Waals surface area contributed by atoms with Gasteiger partial charge in [0.15, 0.2) is 0 Å². The predicted octanol–water partition coefficient (Wildman–Crippen LogP) is 6.71. The van der Waals surface area contributed by atoms with E-state index in [0.717, 1.165) is 13.0 Å². The van der Waals surface area contributed by atoms with Gasteiger partial charge in [-0.2, -0.15) is 0 Å². The lowest BCUT2D eigenvalue weighted by Crippen LogP contribution is -2.03. The van der Waals surface area contributed by atoms with Gasteiger partial charge >= 0.3 is 0 Å². The Labute approximate surface area is 165 Å².